The molecule has 1 atom stereocenters. The summed E-state index contributed by atoms with van der Waals surface area (Å²) in [7, 11) is 2.13. The average molecular weight is 267 g/mol. The summed E-state index contributed by atoms with van der Waals surface area (Å²) in [5, 5.41) is 4.70. The Bertz CT molecular complexity index is 410. The Morgan fingerprint density at radius 2 is 2.28 bits per heavy atom. The fourth-order valence-corrected chi connectivity index (χ4v) is 3.28. The van der Waals surface area contributed by atoms with E-state index in [1.165, 1.54) is 23.4 Å². The van der Waals surface area contributed by atoms with Crippen molar-refractivity contribution >= 4 is 16.5 Å². The van der Waals surface area contributed by atoms with Crippen molar-refractivity contribution in [1.82, 2.24) is 10.3 Å². The van der Waals surface area contributed by atoms with Gasteiger partial charge in [-0.1, -0.05) is 0 Å². The third-order valence-electron chi connectivity index (χ3n) is 3.77. The van der Waals surface area contributed by atoms with Crippen LogP contribution in [0.5, 0.6) is 0 Å². The second-order valence-electron chi connectivity index (χ2n) is 5.29. The average Bonchev–Trinajstić information content (AvgIpc) is 2.90. The Hall–Kier alpha value is -0.650. The molecule has 0 amide bonds. The van der Waals surface area contributed by atoms with Crippen molar-refractivity contribution in [2.24, 2.45) is 0 Å². The van der Waals surface area contributed by atoms with Crippen LogP contribution in [0.4, 0.5) is 5.13 Å². The van der Waals surface area contributed by atoms with E-state index in [4.69, 9.17) is 9.72 Å². The van der Waals surface area contributed by atoms with Crippen molar-refractivity contribution in [2.75, 3.05) is 25.2 Å². The number of hydrogen-bond acceptors (Lipinski definition) is 5. The van der Waals surface area contributed by atoms with Crippen molar-refractivity contribution in [1.29, 1.82) is 0 Å². The molecule has 2 heterocycles. The smallest absolute Gasteiger partial charge is 0.185 e. The first-order chi connectivity index (χ1) is 8.74. The van der Waals surface area contributed by atoms with Gasteiger partial charge in [0.2, 0.25) is 0 Å². The van der Waals surface area contributed by atoms with E-state index in [9.17, 15) is 0 Å². The predicted octanol–water partition coefficient (Wildman–Crippen LogP) is 1.93. The Kier molecular flexibility index (Phi) is 3.54. The molecule has 0 spiro atoms. The number of anilines is 1. The molecule has 2 fully saturated rings. The molecule has 5 heteroatoms. The fourth-order valence-electron chi connectivity index (χ4n) is 2.24. The predicted molar refractivity (Wildman–Crippen MR) is 74.3 cm³/mol. The van der Waals surface area contributed by atoms with E-state index in [1.54, 1.807) is 0 Å². The van der Waals surface area contributed by atoms with Gasteiger partial charge in [-0.2, -0.15) is 0 Å². The summed E-state index contributed by atoms with van der Waals surface area (Å²) in [5.41, 5.74) is 1.17. The number of nitrogens with one attached hydrogen (secondary N) is 1. The lowest BCUT2D eigenvalue weighted by Crippen LogP contribution is -2.31. The molecule has 0 radical (unpaired) electrons. The molecule has 3 rings (SSSR count). The molecular weight excluding hydrogens is 246 g/mol. The Morgan fingerprint density at radius 1 is 1.44 bits per heavy atom. The molecule has 0 bridgehead atoms. The van der Waals surface area contributed by atoms with Crippen LogP contribution in [0.1, 0.15) is 29.8 Å². The van der Waals surface area contributed by atoms with Crippen LogP contribution >= 0.6 is 11.3 Å². The molecule has 4 nitrogen and oxygen atoms in total. The van der Waals surface area contributed by atoms with Crippen LogP contribution in [0.2, 0.25) is 0 Å². The third kappa shape index (κ3) is 2.68. The highest BCUT2D eigenvalue weighted by Crippen LogP contribution is 2.29. The van der Waals surface area contributed by atoms with E-state index in [0.29, 0.717) is 6.04 Å². The number of aromatic nitrogens is 1. The summed E-state index contributed by atoms with van der Waals surface area (Å²) in [4.78, 5) is 8.36. The minimum Gasteiger partial charge on any atom is -0.379 e. The fraction of sp³-hybridized carbons (Fsp3) is 0.769. The second kappa shape index (κ2) is 5.15. The quantitative estimate of drug-likeness (QED) is 0.884. The standard InChI is InChI=1S/C13H21N3OS/c1-9-12(7-14-10-3-4-10)18-13(15-9)16(2)11-5-6-17-8-11/h10-11,14H,3-8H2,1-2H3. The maximum absolute atomic E-state index is 5.45. The number of likely N-dealkylation sites (N-methyl/N-ethyl adjacent to an activating group) is 1. The minimum absolute atomic E-state index is 0.500. The zero-order valence-electron chi connectivity index (χ0n) is 11.1. The van der Waals surface area contributed by atoms with Crippen LogP contribution in [0.3, 0.4) is 0 Å². The first-order valence-electron chi connectivity index (χ1n) is 6.74. The SMILES string of the molecule is Cc1nc(N(C)C2CCOC2)sc1CNC1CC1. The first-order valence-corrected chi connectivity index (χ1v) is 7.56. The van der Waals surface area contributed by atoms with Gasteiger partial charge in [0.15, 0.2) is 5.13 Å². The molecule has 18 heavy (non-hydrogen) atoms. The molecular formula is C13H21N3OS. The van der Waals surface area contributed by atoms with Crippen LogP contribution in [-0.2, 0) is 11.3 Å². The van der Waals surface area contributed by atoms with Crippen LogP contribution in [-0.4, -0.2) is 37.3 Å². The third-order valence-corrected chi connectivity index (χ3v) is 5.01. The summed E-state index contributed by atoms with van der Waals surface area (Å²) < 4.78 is 5.45. The molecule has 1 aliphatic carbocycles. The zero-order valence-corrected chi connectivity index (χ0v) is 11.9. The van der Waals surface area contributed by atoms with Gasteiger partial charge >= 0.3 is 0 Å². The molecule has 100 valence electrons. The second-order valence-corrected chi connectivity index (χ2v) is 6.35. The highest BCUT2D eigenvalue weighted by Gasteiger charge is 2.24. The highest BCUT2D eigenvalue weighted by atomic mass is 32.1. The summed E-state index contributed by atoms with van der Waals surface area (Å²) in [6, 6.07) is 1.26. The maximum Gasteiger partial charge on any atom is 0.185 e. The van der Waals surface area contributed by atoms with Crippen LogP contribution in [0.15, 0.2) is 0 Å². The lowest BCUT2D eigenvalue weighted by molar-refractivity contribution is 0.193. The van der Waals surface area contributed by atoms with Gasteiger partial charge in [0.05, 0.1) is 18.3 Å². The van der Waals surface area contributed by atoms with Crippen molar-refractivity contribution in [3.8, 4) is 0 Å². The lowest BCUT2D eigenvalue weighted by atomic mass is 10.2. The van der Waals surface area contributed by atoms with Crippen molar-refractivity contribution in [3.63, 3.8) is 0 Å². The highest BCUT2D eigenvalue weighted by molar-refractivity contribution is 7.15. The minimum atomic E-state index is 0.500. The van der Waals surface area contributed by atoms with E-state index in [-0.39, 0.29) is 0 Å². The number of rotatable bonds is 5. The monoisotopic (exact) mass is 267 g/mol. The van der Waals surface area contributed by atoms with Crippen molar-refractivity contribution < 1.29 is 4.74 Å². The Morgan fingerprint density at radius 3 is 2.94 bits per heavy atom. The first kappa shape index (κ1) is 12.4. The largest absolute Gasteiger partial charge is 0.379 e. The van der Waals surface area contributed by atoms with E-state index >= 15 is 0 Å². The summed E-state index contributed by atoms with van der Waals surface area (Å²) in [5.74, 6) is 0. The molecule has 1 aliphatic heterocycles. The van der Waals surface area contributed by atoms with Gasteiger partial charge in [0.25, 0.3) is 0 Å². The number of ether oxygens (including phenoxy) is 1. The Balaban J connectivity index is 1.65. The van der Waals surface area contributed by atoms with E-state index in [0.717, 1.165) is 37.4 Å². The molecule has 1 saturated carbocycles. The topological polar surface area (TPSA) is 37.4 Å². The number of thiazole rings is 1. The van der Waals surface area contributed by atoms with Crippen LogP contribution in [0.25, 0.3) is 0 Å². The molecule has 0 aromatic carbocycles. The van der Waals surface area contributed by atoms with E-state index in [1.807, 2.05) is 11.3 Å². The van der Waals surface area contributed by atoms with Crippen LogP contribution < -0.4 is 10.2 Å². The summed E-state index contributed by atoms with van der Waals surface area (Å²) in [6.45, 7) is 4.81. The normalized spacial score (nSPS) is 23.6. The van der Waals surface area contributed by atoms with Gasteiger partial charge in [-0.25, -0.2) is 4.98 Å². The molecule has 1 unspecified atom stereocenters. The number of hydrogen-bond donors (Lipinski definition) is 1. The van der Waals surface area contributed by atoms with Crippen molar-refractivity contribution in [2.45, 2.75) is 44.8 Å². The molecule has 1 N–H and O–H groups in total. The number of aryl methyl sites for hydroxylation is 1. The van der Waals surface area contributed by atoms with Gasteiger partial charge in [-0.15, -0.1) is 11.3 Å². The van der Waals surface area contributed by atoms with Gasteiger partial charge in [-0.3, -0.25) is 0 Å². The van der Waals surface area contributed by atoms with Crippen LogP contribution in [0, 0.1) is 6.92 Å². The van der Waals surface area contributed by atoms with Gasteiger partial charge in [0.1, 0.15) is 0 Å². The zero-order chi connectivity index (χ0) is 12.5. The molecule has 1 aromatic rings. The summed E-state index contributed by atoms with van der Waals surface area (Å²) >= 11 is 1.82. The molecule has 1 saturated heterocycles. The van der Waals surface area contributed by atoms with E-state index in [2.05, 4.69) is 24.2 Å². The van der Waals surface area contributed by atoms with Crippen molar-refractivity contribution in [3.05, 3.63) is 10.6 Å². The lowest BCUT2D eigenvalue weighted by Gasteiger charge is -2.21. The summed E-state index contributed by atoms with van der Waals surface area (Å²) in [6.07, 6.45) is 3.79. The van der Waals surface area contributed by atoms with Gasteiger partial charge in [-0.05, 0) is 26.2 Å². The Labute approximate surface area is 112 Å². The van der Waals surface area contributed by atoms with E-state index < -0.39 is 0 Å². The van der Waals surface area contributed by atoms with Gasteiger partial charge < -0.3 is 15.0 Å². The van der Waals surface area contributed by atoms with Gasteiger partial charge in [0, 0.05) is 31.1 Å². The maximum atomic E-state index is 5.45. The molecule has 2 aliphatic rings. The molecule has 1 aromatic heterocycles. The number of nitrogens with zero attached hydrogens (tertiary/aromatic N) is 2.